The maximum absolute atomic E-state index is 14.8. The maximum Gasteiger partial charge on any atom is 0.164 e. The largest absolute Gasteiger partial charge is 0.490 e. The fourth-order valence-corrected chi connectivity index (χ4v) is 4.23. The average molecular weight is 518 g/mol. The van der Waals surface area contributed by atoms with Crippen LogP contribution in [0.5, 0.6) is 5.75 Å². The molecule has 1 aliphatic heterocycles. The fourth-order valence-electron chi connectivity index (χ4n) is 3.78. The lowest BCUT2D eigenvalue weighted by Crippen LogP contribution is -2.42. The van der Waals surface area contributed by atoms with Crippen LogP contribution in [0.1, 0.15) is 30.4 Å². The maximum atomic E-state index is 14.8. The quantitative estimate of drug-likeness (QED) is 0.527. The highest BCUT2D eigenvalue weighted by Gasteiger charge is 2.45. The summed E-state index contributed by atoms with van der Waals surface area (Å²) in [5.74, 6) is -2.45. The van der Waals surface area contributed by atoms with Crippen molar-refractivity contribution in [2.24, 2.45) is 11.1 Å². The second-order valence-corrected chi connectivity index (χ2v) is 9.28. The van der Waals surface area contributed by atoms with Crippen LogP contribution < -0.4 is 15.8 Å². The van der Waals surface area contributed by atoms with Crippen molar-refractivity contribution in [3.8, 4) is 5.75 Å². The second kappa shape index (κ2) is 7.96. The zero-order valence-corrected chi connectivity index (χ0v) is 17.8. The Bertz CT molecular complexity index is 937. The lowest BCUT2D eigenvalue weighted by atomic mass is 9.93. The van der Waals surface area contributed by atoms with Crippen molar-refractivity contribution in [1.29, 1.82) is 0 Å². The molecule has 1 heterocycles. The summed E-state index contributed by atoms with van der Waals surface area (Å²) in [4.78, 5) is 0. The van der Waals surface area contributed by atoms with Crippen molar-refractivity contribution in [2.45, 2.75) is 37.8 Å². The highest BCUT2D eigenvalue weighted by molar-refractivity contribution is 14.1. The Morgan fingerprint density at radius 1 is 1.21 bits per heavy atom. The Kier molecular flexibility index (Phi) is 5.69. The summed E-state index contributed by atoms with van der Waals surface area (Å²) in [5, 5.41) is 13.5. The summed E-state index contributed by atoms with van der Waals surface area (Å²) in [6.45, 7) is 0.439. The van der Waals surface area contributed by atoms with Crippen LogP contribution in [-0.2, 0) is 6.42 Å². The van der Waals surface area contributed by atoms with Gasteiger partial charge in [-0.25, -0.2) is 13.2 Å². The first-order valence-corrected chi connectivity index (χ1v) is 10.6. The molecule has 0 amide bonds. The number of hydrogen-bond donors (Lipinski definition) is 3. The Morgan fingerprint density at radius 2 is 1.97 bits per heavy atom. The van der Waals surface area contributed by atoms with E-state index in [1.165, 1.54) is 6.07 Å². The molecule has 1 fully saturated rings. The summed E-state index contributed by atoms with van der Waals surface area (Å²) < 4.78 is 49.9. The number of fused-ring (bicyclic) bond motifs is 1. The van der Waals surface area contributed by atoms with E-state index in [9.17, 15) is 18.3 Å². The monoisotopic (exact) mass is 518 g/mol. The zero-order chi connectivity index (χ0) is 20.8. The highest BCUT2D eigenvalue weighted by atomic mass is 127. The van der Waals surface area contributed by atoms with Crippen LogP contribution >= 0.6 is 22.6 Å². The van der Waals surface area contributed by atoms with E-state index in [1.807, 2.05) is 22.6 Å². The third kappa shape index (κ3) is 4.34. The van der Waals surface area contributed by atoms with Crippen LogP contribution in [0.15, 0.2) is 24.3 Å². The molecule has 2 aliphatic rings. The van der Waals surface area contributed by atoms with Gasteiger partial charge in [0, 0.05) is 28.2 Å². The highest BCUT2D eigenvalue weighted by Crippen LogP contribution is 2.50. The second-order valence-electron chi connectivity index (χ2n) is 8.04. The number of nitrogens with one attached hydrogen (secondary N) is 1. The molecule has 2 aromatic carbocycles. The van der Waals surface area contributed by atoms with Crippen molar-refractivity contribution >= 4 is 28.3 Å². The Labute approximate surface area is 180 Å². The first kappa shape index (κ1) is 20.7. The number of aliphatic hydroxyl groups is 1. The molecule has 1 spiro atoms. The van der Waals surface area contributed by atoms with Gasteiger partial charge < -0.3 is 20.9 Å². The van der Waals surface area contributed by atoms with Crippen molar-refractivity contribution in [1.82, 2.24) is 0 Å². The van der Waals surface area contributed by atoms with Gasteiger partial charge in [0.05, 0.1) is 17.8 Å². The summed E-state index contributed by atoms with van der Waals surface area (Å²) in [5.41, 5.74) is 6.50. The van der Waals surface area contributed by atoms with E-state index in [4.69, 9.17) is 10.5 Å². The predicted molar refractivity (Wildman–Crippen MR) is 113 cm³/mol. The lowest BCUT2D eigenvalue weighted by Gasteiger charge is -2.28. The molecular weight excluding hydrogens is 496 g/mol. The van der Waals surface area contributed by atoms with Crippen molar-refractivity contribution < 1.29 is 23.0 Å². The number of anilines is 1. The molecular formula is C21H22F3IN2O2. The van der Waals surface area contributed by atoms with Gasteiger partial charge in [-0.3, -0.25) is 0 Å². The van der Waals surface area contributed by atoms with Gasteiger partial charge in [-0.05, 0) is 65.0 Å². The standard InChI is InChI=1S/C21H22F3IN2O2/c22-14-6-12(25)2-1-11(14)5-13-19(24)15(23)7-18-20(13)27-10-21(3-4-21)8-17(28)16(26)9-29-18/h1-2,6-7,16-17,27-28H,3-5,8-10,26H2. The van der Waals surface area contributed by atoms with Gasteiger partial charge in [0.1, 0.15) is 18.2 Å². The van der Waals surface area contributed by atoms with Gasteiger partial charge in [-0.15, -0.1) is 0 Å². The van der Waals surface area contributed by atoms with Gasteiger partial charge in [0.25, 0.3) is 0 Å². The van der Waals surface area contributed by atoms with E-state index < -0.39 is 29.6 Å². The van der Waals surface area contributed by atoms with Crippen molar-refractivity contribution in [3.63, 3.8) is 0 Å². The average Bonchev–Trinajstić information content (AvgIpc) is 3.43. The number of halogens is 4. The minimum Gasteiger partial charge on any atom is -0.490 e. The summed E-state index contributed by atoms with van der Waals surface area (Å²) in [6, 6.07) is 4.99. The molecule has 1 aliphatic carbocycles. The van der Waals surface area contributed by atoms with Crippen molar-refractivity contribution in [2.75, 3.05) is 18.5 Å². The van der Waals surface area contributed by atoms with Gasteiger partial charge in [0.15, 0.2) is 11.6 Å². The SMILES string of the molecule is NC1COc2cc(F)c(F)c(Cc3ccc(I)cc3F)c2NCC2(CC2)CC1O. The summed E-state index contributed by atoms with van der Waals surface area (Å²) in [7, 11) is 0. The molecule has 0 bridgehead atoms. The Balaban J connectivity index is 1.75. The van der Waals surface area contributed by atoms with Gasteiger partial charge >= 0.3 is 0 Å². The van der Waals surface area contributed by atoms with Gasteiger partial charge in [0.2, 0.25) is 0 Å². The van der Waals surface area contributed by atoms with Gasteiger partial charge in [-0.2, -0.15) is 0 Å². The zero-order valence-electron chi connectivity index (χ0n) is 15.7. The number of nitrogens with two attached hydrogens (primary N) is 1. The van der Waals surface area contributed by atoms with Crippen molar-refractivity contribution in [3.05, 3.63) is 56.4 Å². The first-order chi connectivity index (χ1) is 13.8. The first-order valence-electron chi connectivity index (χ1n) is 9.53. The topological polar surface area (TPSA) is 67.5 Å². The number of aliphatic hydroxyl groups excluding tert-OH is 1. The van der Waals surface area contributed by atoms with Crippen LogP contribution in [0, 0.1) is 26.4 Å². The van der Waals surface area contributed by atoms with Crippen LogP contribution in [0.4, 0.5) is 18.9 Å². The van der Waals surface area contributed by atoms with E-state index in [-0.39, 0.29) is 35.3 Å². The molecule has 0 saturated heterocycles. The molecule has 1 saturated carbocycles. The van der Waals surface area contributed by atoms with E-state index in [0.717, 1.165) is 22.5 Å². The molecule has 156 valence electrons. The van der Waals surface area contributed by atoms with E-state index >= 15 is 0 Å². The minimum atomic E-state index is -1.07. The van der Waals surface area contributed by atoms with Crippen LogP contribution in [0.2, 0.25) is 0 Å². The molecule has 0 aromatic heterocycles. The smallest absolute Gasteiger partial charge is 0.164 e. The predicted octanol–water partition coefficient (Wildman–Crippen LogP) is 3.96. The fraction of sp³-hybridized carbons (Fsp3) is 0.429. The third-order valence-corrected chi connectivity index (χ3v) is 6.50. The van der Waals surface area contributed by atoms with E-state index in [2.05, 4.69) is 5.32 Å². The van der Waals surface area contributed by atoms with Gasteiger partial charge in [-0.1, -0.05) is 6.07 Å². The molecule has 2 atom stereocenters. The van der Waals surface area contributed by atoms with Crippen LogP contribution in [-0.4, -0.2) is 30.4 Å². The van der Waals surface area contributed by atoms with E-state index in [0.29, 0.717) is 18.7 Å². The van der Waals surface area contributed by atoms with E-state index in [1.54, 1.807) is 12.1 Å². The molecule has 4 nitrogen and oxygen atoms in total. The van der Waals surface area contributed by atoms with Crippen LogP contribution in [0.25, 0.3) is 0 Å². The molecule has 8 heteroatoms. The molecule has 29 heavy (non-hydrogen) atoms. The molecule has 4 N–H and O–H groups in total. The number of rotatable bonds is 2. The normalized spacial score (nSPS) is 23.1. The Hall–Kier alpha value is -1.52. The van der Waals surface area contributed by atoms with Crippen LogP contribution in [0.3, 0.4) is 0 Å². The number of ether oxygens (including phenoxy) is 1. The molecule has 2 unspecified atom stereocenters. The number of benzene rings is 2. The minimum absolute atomic E-state index is 0.0191. The molecule has 2 aromatic rings. The number of hydrogen-bond acceptors (Lipinski definition) is 4. The summed E-state index contributed by atoms with van der Waals surface area (Å²) in [6.07, 6.45) is 1.51. The summed E-state index contributed by atoms with van der Waals surface area (Å²) >= 11 is 1.99. The third-order valence-electron chi connectivity index (χ3n) is 5.83. The molecule has 4 rings (SSSR count). The lowest BCUT2D eigenvalue weighted by molar-refractivity contribution is 0.0880. The molecule has 0 radical (unpaired) electrons. The Morgan fingerprint density at radius 3 is 2.66 bits per heavy atom.